The lowest BCUT2D eigenvalue weighted by molar-refractivity contribution is -0.0328. The third kappa shape index (κ3) is 6.46. The number of hydrogen-bond acceptors (Lipinski definition) is 7. The Balaban J connectivity index is 1.60. The van der Waals surface area contributed by atoms with Crippen molar-refractivity contribution in [1.82, 2.24) is 10.6 Å². The number of furan rings is 1. The molecule has 1 amide bonds. The number of methoxy groups -OCH3 is 1. The quantitative estimate of drug-likeness (QED) is 0.187. The van der Waals surface area contributed by atoms with E-state index in [1.54, 1.807) is 30.3 Å². The molecule has 0 bridgehead atoms. The van der Waals surface area contributed by atoms with E-state index in [1.165, 1.54) is 20.2 Å². The van der Waals surface area contributed by atoms with Crippen LogP contribution in [0.2, 0.25) is 0 Å². The molecule has 0 aliphatic carbocycles. The van der Waals surface area contributed by atoms with Crippen LogP contribution in [0.4, 0.5) is 28.9 Å². The van der Waals surface area contributed by atoms with Crippen molar-refractivity contribution in [3.63, 3.8) is 0 Å². The second-order valence-electron chi connectivity index (χ2n) is 8.40. The molecule has 2 aromatic carbocycles. The highest BCUT2D eigenvalue weighted by Gasteiger charge is 2.34. The lowest BCUT2D eigenvalue weighted by atomic mass is 10.0. The fourth-order valence-corrected chi connectivity index (χ4v) is 4.77. The molecule has 4 rings (SSSR count). The van der Waals surface area contributed by atoms with Crippen molar-refractivity contribution in [2.75, 3.05) is 44.4 Å². The van der Waals surface area contributed by atoms with Crippen molar-refractivity contribution in [2.45, 2.75) is 29.0 Å². The van der Waals surface area contributed by atoms with Crippen LogP contribution in [0, 0.1) is 11.8 Å². The summed E-state index contributed by atoms with van der Waals surface area (Å²) in [6.45, 7) is 0.890. The third-order valence-corrected chi connectivity index (χ3v) is 6.74. The number of benzene rings is 2. The molecule has 1 aromatic heterocycles. The summed E-state index contributed by atoms with van der Waals surface area (Å²) in [4.78, 5) is 11.7. The van der Waals surface area contributed by atoms with Crippen LogP contribution in [0.25, 0.3) is 11.0 Å². The number of amides is 1. The van der Waals surface area contributed by atoms with Crippen molar-refractivity contribution < 1.29 is 31.5 Å². The van der Waals surface area contributed by atoms with E-state index >= 15 is 0 Å². The van der Waals surface area contributed by atoms with Crippen molar-refractivity contribution in [2.24, 2.45) is 0 Å². The average molecular weight is 551 g/mol. The number of alkyl halides is 4. The molecule has 202 valence electrons. The molecule has 0 saturated carbocycles. The minimum absolute atomic E-state index is 0.0621. The molecule has 1 fully saturated rings. The number of carbonyl (C=O) groups is 1. The first kappa shape index (κ1) is 27.5. The van der Waals surface area contributed by atoms with Gasteiger partial charge in [-0.3, -0.25) is 4.79 Å². The van der Waals surface area contributed by atoms with Crippen LogP contribution in [0.15, 0.2) is 45.7 Å². The summed E-state index contributed by atoms with van der Waals surface area (Å²) in [7, 11) is 2.97. The normalized spacial score (nSPS) is 17.4. The molecular weight excluding hydrogens is 524 g/mol. The summed E-state index contributed by atoms with van der Waals surface area (Å²) >= 11 is -0.301. The van der Waals surface area contributed by atoms with Gasteiger partial charge >= 0.3 is 5.51 Å². The number of fused-ring (bicyclic) bond motifs is 1. The number of thioether (sulfide) groups is 1. The largest absolute Gasteiger partial charge is 0.495 e. The Kier molecular flexibility index (Phi) is 8.58. The topological polar surface area (TPSA) is 87.6 Å². The Morgan fingerprint density at radius 1 is 1.26 bits per heavy atom. The van der Waals surface area contributed by atoms with Crippen LogP contribution >= 0.6 is 11.8 Å². The molecule has 0 radical (unpaired) electrons. The van der Waals surface area contributed by atoms with E-state index < -0.39 is 17.7 Å². The molecule has 4 N–H and O–H groups in total. The Bertz CT molecular complexity index is 1370. The fourth-order valence-electron chi connectivity index (χ4n) is 4.08. The highest BCUT2D eigenvalue weighted by atomic mass is 32.2. The van der Waals surface area contributed by atoms with E-state index in [4.69, 9.17) is 9.15 Å². The van der Waals surface area contributed by atoms with Crippen molar-refractivity contribution >= 4 is 40.0 Å². The molecule has 7 nitrogen and oxygen atoms in total. The van der Waals surface area contributed by atoms with Gasteiger partial charge in [0.25, 0.3) is 5.91 Å². The van der Waals surface area contributed by atoms with E-state index in [1.807, 2.05) is 0 Å². The maximum absolute atomic E-state index is 14.4. The Hall–Kier alpha value is -3.56. The van der Waals surface area contributed by atoms with E-state index in [-0.39, 0.29) is 52.4 Å². The predicted octanol–water partition coefficient (Wildman–Crippen LogP) is 4.99. The summed E-state index contributed by atoms with van der Waals surface area (Å²) in [6, 6.07) is 9.09. The Morgan fingerprint density at radius 3 is 2.79 bits per heavy atom. The zero-order chi connectivity index (χ0) is 27.3. The Labute approximate surface area is 221 Å². The van der Waals surface area contributed by atoms with Gasteiger partial charge in [0.2, 0.25) is 0 Å². The van der Waals surface area contributed by atoms with Gasteiger partial charge in [-0.1, -0.05) is 12.0 Å². The molecule has 2 atom stereocenters. The SMILES string of the molecule is CNC(=O)c1ccc(NCC#Cc2oc3c(N[C@@H]4CCNC[C@@H]4F)cccc3c2SC(F)(F)F)c(OC)c1. The number of nitrogens with one attached hydrogen (secondary N) is 4. The third-order valence-electron chi connectivity index (χ3n) is 5.90. The van der Waals surface area contributed by atoms with Crippen LogP contribution in [0.1, 0.15) is 22.5 Å². The number of piperidine rings is 1. The van der Waals surface area contributed by atoms with Gasteiger partial charge < -0.3 is 30.4 Å². The highest BCUT2D eigenvalue weighted by Crippen LogP contribution is 2.45. The van der Waals surface area contributed by atoms with Crippen LogP contribution in [0.3, 0.4) is 0 Å². The van der Waals surface area contributed by atoms with E-state index in [2.05, 4.69) is 33.1 Å². The number of rotatable bonds is 7. The fraction of sp³-hybridized carbons (Fsp3) is 0.346. The molecule has 3 aromatic rings. The van der Waals surface area contributed by atoms with Gasteiger partial charge in [-0.2, -0.15) is 13.2 Å². The van der Waals surface area contributed by atoms with Gasteiger partial charge in [0.15, 0.2) is 11.3 Å². The molecule has 38 heavy (non-hydrogen) atoms. The summed E-state index contributed by atoms with van der Waals surface area (Å²) in [5.74, 6) is 5.48. The molecule has 1 aliphatic rings. The van der Waals surface area contributed by atoms with Gasteiger partial charge in [-0.15, -0.1) is 0 Å². The molecule has 1 saturated heterocycles. The minimum Gasteiger partial charge on any atom is -0.495 e. The number of anilines is 2. The zero-order valence-electron chi connectivity index (χ0n) is 20.6. The van der Waals surface area contributed by atoms with Gasteiger partial charge in [-0.05, 0) is 61.0 Å². The second-order valence-corrected chi connectivity index (χ2v) is 9.47. The van der Waals surface area contributed by atoms with Gasteiger partial charge in [0.05, 0.1) is 36.0 Å². The first-order chi connectivity index (χ1) is 18.2. The number of carbonyl (C=O) groups excluding carboxylic acids is 1. The monoisotopic (exact) mass is 550 g/mol. The number of hydrogen-bond donors (Lipinski definition) is 4. The van der Waals surface area contributed by atoms with Gasteiger partial charge in [-0.25, -0.2) is 4.39 Å². The van der Waals surface area contributed by atoms with Crippen LogP contribution in [-0.2, 0) is 0 Å². The van der Waals surface area contributed by atoms with E-state index in [0.717, 1.165) is 0 Å². The van der Waals surface area contributed by atoms with Gasteiger partial charge in [0.1, 0.15) is 11.9 Å². The number of para-hydroxylation sites is 1. The van der Waals surface area contributed by atoms with Crippen molar-refractivity contribution in [1.29, 1.82) is 0 Å². The van der Waals surface area contributed by atoms with E-state index in [0.29, 0.717) is 35.7 Å². The molecular formula is C26H26F4N4O3S. The average Bonchev–Trinajstić information content (AvgIpc) is 3.24. The van der Waals surface area contributed by atoms with Crippen LogP contribution in [-0.4, -0.2) is 57.4 Å². The number of ether oxygens (including phenoxy) is 1. The standard InChI is InChI=1S/C26H26F4N4O3S/c1-31-25(35)15-8-9-19(22(13-15)36-2)33-11-4-7-21-24(38-26(28,29)30)16-5-3-6-20(23(16)37-21)34-18-10-12-32-14-17(18)27/h3,5-6,8-9,13,17-18,32-34H,10-12,14H2,1-2H3,(H,31,35)/t17-,18+/m0/s1. The minimum atomic E-state index is -4.56. The summed E-state index contributed by atoms with van der Waals surface area (Å²) in [5, 5.41) is 11.9. The number of halogens is 4. The van der Waals surface area contributed by atoms with E-state index in [9.17, 15) is 22.4 Å². The molecule has 0 unspecified atom stereocenters. The van der Waals surface area contributed by atoms with Crippen LogP contribution in [0.5, 0.6) is 5.75 Å². The first-order valence-corrected chi connectivity index (χ1v) is 12.6. The molecule has 12 heteroatoms. The lowest BCUT2D eigenvalue weighted by Gasteiger charge is -2.28. The van der Waals surface area contributed by atoms with Gasteiger partial charge in [0, 0.05) is 24.5 Å². The zero-order valence-corrected chi connectivity index (χ0v) is 21.4. The van der Waals surface area contributed by atoms with Crippen molar-refractivity contribution in [3.8, 4) is 17.6 Å². The summed E-state index contributed by atoms with van der Waals surface area (Å²) in [5.41, 5.74) is -3.00. The second kappa shape index (κ2) is 11.9. The molecule has 1 aliphatic heterocycles. The Morgan fingerprint density at radius 2 is 2.08 bits per heavy atom. The highest BCUT2D eigenvalue weighted by molar-refractivity contribution is 8.00. The predicted molar refractivity (Wildman–Crippen MR) is 140 cm³/mol. The maximum Gasteiger partial charge on any atom is 0.446 e. The summed E-state index contributed by atoms with van der Waals surface area (Å²) in [6.07, 6.45) is -0.625. The van der Waals surface area contributed by atoms with Crippen molar-refractivity contribution in [3.05, 3.63) is 47.7 Å². The lowest BCUT2D eigenvalue weighted by Crippen LogP contribution is -2.45. The van der Waals surface area contributed by atoms with Crippen LogP contribution < -0.4 is 26.0 Å². The summed E-state index contributed by atoms with van der Waals surface area (Å²) < 4.78 is 65.7. The first-order valence-electron chi connectivity index (χ1n) is 11.8. The maximum atomic E-state index is 14.4. The molecule has 2 heterocycles. The smallest absolute Gasteiger partial charge is 0.446 e. The molecule has 0 spiro atoms.